The van der Waals surface area contributed by atoms with E-state index in [1.165, 1.54) is 19.3 Å². The minimum Gasteiger partial charge on any atom is -0.348 e. The van der Waals surface area contributed by atoms with Gasteiger partial charge in [0.25, 0.3) is 0 Å². The molecule has 0 N–H and O–H groups in total. The fourth-order valence-corrected chi connectivity index (χ4v) is 2.50. The largest absolute Gasteiger partial charge is 0.348 e. The summed E-state index contributed by atoms with van der Waals surface area (Å²) in [6, 6.07) is 3.78. The van der Waals surface area contributed by atoms with Crippen molar-refractivity contribution in [2.75, 3.05) is 0 Å². The molecule has 2 heteroatoms. The highest BCUT2D eigenvalue weighted by Crippen LogP contribution is 2.30. The molecule has 0 spiro atoms. The number of rotatable bonds is 3. The first-order valence-corrected chi connectivity index (χ1v) is 6.05. The van der Waals surface area contributed by atoms with Gasteiger partial charge in [-0.15, -0.1) is 0 Å². The van der Waals surface area contributed by atoms with Gasteiger partial charge >= 0.3 is 0 Å². The van der Waals surface area contributed by atoms with Crippen LogP contribution in [0.15, 0.2) is 30.5 Å². The predicted octanol–water partition coefficient (Wildman–Crippen LogP) is 3.34. The van der Waals surface area contributed by atoms with Gasteiger partial charge in [0.2, 0.25) is 5.78 Å². The van der Waals surface area contributed by atoms with Crippen molar-refractivity contribution >= 4 is 5.78 Å². The fraction of sp³-hybridized carbons (Fsp3) is 0.500. The molecule has 0 atom stereocenters. The summed E-state index contributed by atoms with van der Waals surface area (Å²) in [5.41, 5.74) is 1.57. The molecule has 0 bridgehead atoms. The molecule has 16 heavy (non-hydrogen) atoms. The van der Waals surface area contributed by atoms with E-state index in [4.69, 9.17) is 0 Å². The molecule has 1 aliphatic rings. The van der Waals surface area contributed by atoms with Gasteiger partial charge in [0.05, 0.1) is 5.69 Å². The van der Waals surface area contributed by atoms with E-state index in [9.17, 15) is 4.79 Å². The summed E-state index contributed by atoms with van der Waals surface area (Å²) in [6.45, 7) is 4.01. The minimum absolute atomic E-state index is 0.124. The van der Waals surface area contributed by atoms with Gasteiger partial charge in [-0.2, -0.15) is 0 Å². The Morgan fingerprint density at radius 3 is 2.62 bits per heavy atom. The van der Waals surface area contributed by atoms with Gasteiger partial charge < -0.3 is 4.57 Å². The van der Waals surface area contributed by atoms with E-state index in [0.29, 0.717) is 5.92 Å². The van der Waals surface area contributed by atoms with E-state index < -0.39 is 0 Å². The molecule has 86 valence electrons. The van der Waals surface area contributed by atoms with E-state index in [2.05, 4.69) is 6.58 Å². The van der Waals surface area contributed by atoms with Gasteiger partial charge in [-0.1, -0.05) is 25.8 Å². The molecule has 0 saturated heterocycles. The molecule has 1 aromatic rings. The van der Waals surface area contributed by atoms with Gasteiger partial charge in [0, 0.05) is 13.2 Å². The van der Waals surface area contributed by atoms with Crippen LogP contribution in [0, 0.1) is 5.92 Å². The van der Waals surface area contributed by atoms with Crippen molar-refractivity contribution in [3.63, 3.8) is 0 Å². The number of aromatic nitrogens is 1. The highest BCUT2D eigenvalue weighted by Gasteiger charge is 2.23. The highest BCUT2D eigenvalue weighted by atomic mass is 16.1. The third-order valence-electron chi connectivity index (χ3n) is 3.57. The molecule has 1 aliphatic carbocycles. The van der Waals surface area contributed by atoms with Crippen molar-refractivity contribution in [3.8, 4) is 0 Å². The van der Waals surface area contributed by atoms with E-state index in [0.717, 1.165) is 24.1 Å². The van der Waals surface area contributed by atoms with Crippen molar-refractivity contribution in [3.05, 3.63) is 36.2 Å². The second kappa shape index (κ2) is 4.69. The SMILES string of the molecule is C=C(C(=O)c1cccn1C)C1CCCCC1. The van der Waals surface area contributed by atoms with Crippen LogP contribution >= 0.6 is 0 Å². The van der Waals surface area contributed by atoms with Crippen LogP contribution in [0.25, 0.3) is 0 Å². The van der Waals surface area contributed by atoms with Gasteiger partial charge in [-0.25, -0.2) is 0 Å². The predicted molar refractivity (Wildman–Crippen MR) is 65.5 cm³/mol. The maximum Gasteiger partial charge on any atom is 0.205 e. The highest BCUT2D eigenvalue weighted by molar-refractivity contribution is 6.07. The molecule has 0 aromatic carbocycles. The van der Waals surface area contributed by atoms with E-state index in [1.807, 2.05) is 29.9 Å². The van der Waals surface area contributed by atoms with Crippen LogP contribution < -0.4 is 0 Å². The van der Waals surface area contributed by atoms with Crippen LogP contribution in [0.1, 0.15) is 42.6 Å². The van der Waals surface area contributed by atoms with Crippen LogP contribution in [0.4, 0.5) is 0 Å². The first-order chi connectivity index (χ1) is 7.70. The fourth-order valence-electron chi connectivity index (χ4n) is 2.50. The summed E-state index contributed by atoms with van der Waals surface area (Å²) in [4.78, 5) is 12.2. The van der Waals surface area contributed by atoms with E-state index >= 15 is 0 Å². The van der Waals surface area contributed by atoms with Gasteiger partial charge in [-0.3, -0.25) is 4.79 Å². The number of nitrogens with zero attached hydrogens (tertiary/aromatic N) is 1. The lowest BCUT2D eigenvalue weighted by Crippen LogP contribution is -2.17. The number of carbonyl (C=O) groups is 1. The Kier molecular flexibility index (Phi) is 3.28. The van der Waals surface area contributed by atoms with Crippen LogP contribution in [-0.4, -0.2) is 10.4 Å². The zero-order chi connectivity index (χ0) is 11.5. The number of carbonyl (C=O) groups excluding carboxylic acids is 1. The van der Waals surface area contributed by atoms with Crippen LogP contribution in [0.5, 0.6) is 0 Å². The summed E-state index contributed by atoms with van der Waals surface area (Å²) in [5, 5.41) is 0. The third kappa shape index (κ3) is 2.11. The maximum atomic E-state index is 12.2. The zero-order valence-corrected chi connectivity index (χ0v) is 9.91. The number of ketones is 1. The Labute approximate surface area is 97.0 Å². The number of Topliss-reactive ketones (excluding diaryl/α,β-unsaturated/α-hetero) is 1. The average Bonchev–Trinajstić information content (AvgIpc) is 2.75. The van der Waals surface area contributed by atoms with Crippen molar-refractivity contribution in [1.82, 2.24) is 4.57 Å². The second-order valence-corrected chi connectivity index (χ2v) is 4.69. The first kappa shape index (κ1) is 11.2. The molecule has 2 nitrogen and oxygen atoms in total. The smallest absolute Gasteiger partial charge is 0.205 e. The van der Waals surface area contributed by atoms with Crippen molar-refractivity contribution in [2.24, 2.45) is 13.0 Å². The molecule has 0 amide bonds. The molecule has 1 fully saturated rings. The van der Waals surface area contributed by atoms with Crippen LogP contribution in [0.3, 0.4) is 0 Å². The monoisotopic (exact) mass is 217 g/mol. The summed E-state index contributed by atoms with van der Waals surface area (Å²) in [5.74, 6) is 0.538. The number of aryl methyl sites for hydroxylation is 1. The van der Waals surface area contributed by atoms with Gasteiger partial charge in [-0.05, 0) is 36.5 Å². The molecule has 1 saturated carbocycles. The van der Waals surface area contributed by atoms with E-state index in [-0.39, 0.29) is 5.78 Å². The quantitative estimate of drug-likeness (QED) is 0.562. The average molecular weight is 217 g/mol. The molecule has 0 unspecified atom stereocenters. The summed E-state index contributed by atoms with van der Waals surface area (Å²) < 4.78 is 1.87. The molecule has 2 rings (SSSR count). The molecular weight excluding hydrogens is 198 g/mol. The summed E-state index contributed by atoms with van der Waals surface area (Å²) in [6.07, 6.45) is 7.96. The Balaban J connectivity index is 2.10. The van der Waals surface area contributed by atoms with Crippen molar-refractivity contribution in [2.45, 2.75) is 32.1 Å². The topological polar surface area (TPSA) is 22.0 Å². The second-order valence-electron chi connectivity index (χ2n) is 4.69. The number of hydrogen-bond acceptors (Lipinski definition) is 1. The Morgan fingerprint density at radius 1 is 1.38 bits per heavy atom. The maximum absolute atomic E-state index is 12.2. The van der Waals surface area contributed by atoms with Gasteiger partial charge in [0.1, 0.15) is 0 Å². The van der Waals surface area contributed by atoms with Crippen molar-refractivity contribution < 1.29 is 4.79 Å². The molecular formula is C14H19NO. The Bertz CT molecular complexity index is 397. The normalized spacial score (nSPS) is 17.3. The van der Waals surface area contributed by atoms with Gasteiger partial charge in [0.15, 0.2) is 0 Å². The van der Waals surface area contributed by atoms with Crippen molar-refractivity contribution in [1.29, 1.82) is 0 Å². The lowest BCUT2D eigenvalue weighted by molar-refractivity contribution is 0.101. The van der Waals surface area contributed by atoms with E-state index in [1.54, 1.807) is 0 Å². The Morgan fingerprint density at radius 2 is 2.06 bits per heavy atom. The third-order valence-corrected chi connectivity index (χ3v) is 3.57. The molecule has 1 heterocycles. The standard InChI is InChI=1S/C14H19NO/c1-11(12-7-4-3-5-8-12)14(16)13-9-6-10-15(13)2/h6,9-10,12H,1,3-5,7-8H2,2H3. The van der Waals surface area contributed by atoms with Crippen LogP contribution in [-0.2, 0) is 7.05 Å². The lowest BCUT2D eigenvalue weighted by Gasteiger charge is -2.22. The first-order valence-electron chi connectivity index (χ1n) is 6.05. The zero-order valence-electron chi connectivity index (χ0n) is 9.91. The molecule has 0 aliphatic heterocycles. The van der Waals surface area contributed by atoms with Crippen LogP contribution in [0.2, 0.25) is 0 Å². The lowest BCUT2D eigenvalue weighted by atomic mass is 9.82. The number of hydrogen-bond donors (Lipinski definition) is 0. The Hall–Kier alpha value is -1.31. The minimum atomic E-state index is 0.124. The number of allylic oxidation sites excluding steroid dienone is 1. The summed E-state index contributed by atoms with van der Waals surface area (Å²) >= 11 is 0. The summed E-state index contributed by atoms with van der Waals surface area (Å²) in [7, 11) is 1.90. The molecule has 1 aromatic heterocycles. The molecule has 0 radical (unpaired) electrons.